The molecule has 0 saturated heterocycles. The molecule has 0 bridgehead atoms. The van der Waals surface area contributed by atoms with Crippen molar-refractivity contribution in [3.63, 3.8) is 0 Å². The molecule has 132 valence electrons. The first-order valence-electron chi connectivity index (χ1n) is 8.81. The molecule has 0 radical (unpaired) electrons. The molecule has 2 aromatic rings. The van der Waals surface area contributed by atoms with Gasteiger partial charge in [-0.25, -0.2) is 0 Å². The molecule has 1 saturated carbocycles. The first-order chi connectivity index (χ1) is 12.3. The van der Waals surface area contributed by atoms with Gasteiger partial charge in [0.1, 0.15) is 5.82 Å². The van der Waals surface area contributed by atoms with E-state index >= 15 is 0 Å². The van der Waals surface area contributed by atoms with Gasteiger partial charge in [-0.15, -0.1) is 10.2 Å². The van der Waals surface area contributed by atoms with Crippen LogP contribution in [0.5, 0.6) is 0 Å². The van der Waals surface area contributed by atoms with Crippen molar-refractivity contribution in [2.45, 2.75) is 32.1 Å². The van der Waals surface area contributed by atoms with E-state index in [1.807, 2.05) is 24.3 Å². The maximum absolute atomic E-state index is 11.8. The lowest BCUT2D eigenvalue weighted by atomic mass is 10.0. The van der Waals surface area contributed by atoms with Crippen molar-refractivity contribution in [3.8, 4) is 0 Å². The summed E-state index contributed by atoms with van der Waals surface area (Å²) in [4.78, 5) is 15.9. The lowest BCUT2D eigenvalue weighted by molar-refractivity contribution is -0.121. The van der Waals surface area contributed by atoms with Crippen molar-refractivity contribution in [2.75, 3.05) is 23.7 Å². The van der Waals surface area contributed by atoms with E-state index in [0.29, 0.717) is 37.1 Å². The zero-order valence-corrected chi connectivity index (χ0v) is 14.2. The molecule has 0 spiro atoms. The van der Waals surface area contributed by atoms with Crippen LogP contribution in [0.25, 0.3) is 0 Å². The molecule has 7 nitrogen and oxygen atoms in total. The molecule has 0 aromatic carbocycles. The predicted octanol–water partition coefficient (Wildman–Crippen LogP) is 2.72. The lowest BCUT2D eigenvalue weighted by Crippen LogP contribution is -2.30. The summed E-state index contributed by atoms with van der Waals surface area (Å²) < 4.78 is 0. The van der Waals surface area contributed by atoms with E-state index in [1.165, 1.54) is 25.7 Å². The van der Waals surface area contributed by atoms with Crippen molar-refractivity contribution in [1.29, 1.82) is 0 Å². The third-order valence-electron chi connectivity index (χ3n) is 4.30. The first kappa shape index (κ1) is 17.1. The van der Waals surface area contributed by atoms with Crippen LogP contribution in [0.2, 0.25) is 0 Å². The molecule has 0 atom stereocenters. The summed E-state index contributed by atoms with van der Waals surface area (Å²) in [5.41, 5.74) is 0.863. The molecular formula is C18H24N6O. The number of hydrogen-bond donors (Lipinski definition) is 3. The molecule has 25 heavy (non-hydrogen) atoms. The molecule has 1 aliphatic carbocycles. The summed E-state index contributed by atoms with van der Waals surface area (Å²) in [6.07, 6.45) is 9.03. The van der Waals surface area contributed by atoms with Gasteiger partial charge in [0.05, 0.1) is 11.9 Å². The maximum Gasteiger partial charge on any atom is 0.220 e. The van der Waals surface area contributed by atoms with Crippen LogP contribution in [0.15, 0.2) is 36.7 Å². The number of amides is 1. The second-order valence-electron chi connectivity index (χ2n) is 6.30. The van der Waals surface area contributed by atoms with Crippen LogP contribution in [-0.4, -0.2) is 34.2 Å². The Balaban J connectivity index is 1.35. The number of pyridine rings is 1. The molecule has 1 amide bonds. The Kier molecular flexibility index (Phi) is 6.14. The van der Waals surface area contributed by atoms with E-state index in [4.69, 9.17) is 0 Å². The topological polar surface area (TPSA) is 91.8 Å². The third-order valence-corrected chi connectivity index (χ3v) is 4.30. The van der Waals surface area contributed by atoms with Gasteiger partial charge in [-0.3, -0.25) is 9.78 Å². The van der Waals surface area contributed by atoms with Crippen LogP contribution in [0.3, 0.4) is 0 Å². The first-order valence-corrected chi connectivity index (χ1v) is 8.81. The van der Waals surface area contributed by atoms with Crippen LogP contribution >= 0.6 is 0 Å². The van der Waals surface area contributed by atoms with Crippen molar-refractivity contribution in [2.24, 2.45) is 5.92 Å². The minimum absolute atomic E-state index is 0.149. The van der Waals surface area contributed by atoms with E-state index in [0.717, 1.165) is 5.69 Å². The molecule has 7 heteroatoms. The minimum atomic E-state index is 0.149. The minimum Gasteiger partial charge on any atom is -0.367 e. The highest BCUT2D eigenvalue weighted by Crippen LogP contribution is 2.27. The van der Waals surface area contributed by atoms with Gasteiger partial charge in [0.15, 0.2) is 5.82 Å². The Bertz CT molecular complexity index is 655. The zero-order valence-electron chi connectivity index (χ0n) is 14.2. The highest BCUT2D eigenvalue weighted by atomic mass is 16.1. The largest absolute Gasteiger partial charge is 0.367 e. The number of carbonyl (C=O) groups excluding carboxylic acids is 1. The Morgan fingerprint density at radius 2 is 1.88 bits per heavy atom. The summed E-state index contributed by atoms with van der Waals surface area (Å²) >= 11 is 0. The van der Waals surface area contributed by atoms with Gasteiger partial charge in [-0.05, 0) is 43.0 Å². The van der Waals surface area contributed by atoms with Crippen molar-refractivity contribution < 1.29 is 4.79 Å². The molecule has 1 aliphatic rings. The number of nitrogens with one attached hydrogen (secondary N) is 3. The smallest absolute Gasteiger partial charge is 0.220 e. The molecule has 3 rings (SSSR count). The summed E-state index contributed by atoms with van der Waals surface area (Å²) in [6, 6.07) is 7.47. The standard InChI is InChI=1S/C18H24N6O/c25-18(12-14-4-1-2-5-14)21-11-10-20-16-7-8-17(24-23-16)22-15-6-3-9-19-13-15/h3,6-9,13-14H,1-2,4-5,10-12H2,(H,20,23)(H,21,25)(H,22,24). The average Bonchev–Trinajstić information content (AvgIpc) is 3.14. The molecule has 0 unspecified atom stereocenters. The van der Waals surface area contributed by atoms with E-state index < -0.39 is 0 Å². The normalized spacial score (nSPS) is 14.2. The SMILES string of the molecule is O=C(CC1CCCC1)NCCNc1ccc(Nc2cccnc2)nn1. The molecule has 0 aliphatic heterocycles. The Hall–Kier alpha value is -2.70. The van der Waals surface area contributed by atoms with Crippen molar-refractivity contribution in [3.05, 3.63) is 36.7 Å². The number of aromatic nitrogens is 3. The van der Waals surface area contributed by atoms with Crippen LogP contribution in [0.1, 0.15) is 32.1 Å². The summed E-state index contributed by atoms with van der Waals surface area (Å²) in [6.45, 7) is 1.21. The van der Waals surface area contributed by atoms with Gasteiger partial charge in [0.25, 0.3) is 0 Å². The van der Waals surface area contributed by atoms with E-state index in [2.05, 4.69) is 31.1 Å². The second-order valence-corrected chi connectivity index (χ2v) is 6.30. The van der Waals surface area contributed by atoms with Gasteiger partial charge in [-0.1, -0.05) is 12.8 Å². The van der Waals surface area contributed by atoms with Gasteiger partial charge in [0, 0.05) is 25.7 Å². The zero-order chi connectivity index (χ0) is 17.3. The predicted molar refractivity (Wildman–Crippen MR) is 97.6 cm³/mol. The van der Waals surface area contributed by atoms with Crippen LogP contribution in [-0.2, 0) is 4.79 Å². The van der Waals surface area contributed by atoms with Crippen LogP contribution in [0.4, 0.5) is 17.3 Å². The monoisotopic (exact) mass is 340 g/mol. The fraction of sp³-hybridized carbons (Fsp3) is 0.444. The Labute approximate surface area is 147 Å². The van der Waals surface area contributed by atoms with Crippen LogP contribution in [0, 0.1) is 5.92 Å². The van der Waals surface area contributed by atoms with E-state index in [-0.39, 0.29) is 5.91 Å². The average molecular weight is 340 g/mol. The maximum atomic E-state index is 11.8. The summed E-state index contributed by atoms with van der Waals surface area (Å²) in [7, 11) is 0. The number of anilines is 3. The number of hydrogen-bond acceptors (Lipinski definition) is 6. The summed E-state index contributed by atoms with van der Waals surface area (Å²) in [5, 5.41) is 17.5. The molecule has 2 aromatic heterocycles. The van der Waals surface area contributed by atoms with Gasteiger partial charge in [0.2, 0.25) is 5.91 Å². The third kappa shape index (κ3) is 5.70. The van der Waals surface area contributed by atoms with Gasteiger partial charge < -0.3 is 16.0 Å². The highest BCUT2D eigenvalue weighted by Gasteiger charge is 2.17. The fourth-order valence-electron chi connectivity index (χ4n) is 3.02. The number of nitrogens with zero attached hydrogens (tertiary/aromatic N) is 3. The Morgan fingerprint density at radius 3 is 2.60 bits per heavy atom. The number of carbonyl (C=O) groups is 1. The molecule has 3 N–H and O–H groups in total. The van der Waals surface area contributed by atoms with Crippen molar-refractivity contribution in [1.82, 2.24) is 20.5 Å². The van der Waals surface area contributed by atoms with Crippen LogP contribution < -0.4 is 16.0 Å². The molecular weight excluding hydrogens is 316 g/mol. The molecule has 2 heterocycles. The van der Waals surface area contributed by atoms with Crippen molar-refractivity contribution >= 4 is 23.2 Å². The van der Waals surface area contributed by atoms with E-state index in [9.17, 15) is 4.79 Å². The molecule has 1 fully saturated rings. The summed E-state index contributed by atoms with van der Waals surface area (Å²) in [5.74, 6) is 2.07. The van der Waals surface area contributed by atoms with Gasteiger partial charge in [-0.2, -0.15) is 0 Å². The van der Waals surface area contributed by atoms with Gasteiger partial charge >= 0.3 is 0 Å². The quantitative estimate of drug-likeness (QED) is 0.640. The lowest BCUT2D eigenvalue weighted by Gasteiger charge is -2.10. The Morgan fingerprint density at radius 1 is 1.08 bits per heavy atom. The number of rotatable bonds is 8. The van der Waals surface area contributed by atoms with E-state index in [1.54, 1.807) is 12.4 Å². The highest BCUT2D eigenvalue weighted by molar-refractivity contribution is 5.76. The fourth-order valence-corrected chi connectivity index (χ4v) is 3.02. The second kappa shape index (κ2) is 8.96.